The van der Waals surface area contributed by atoms with Gasteiger partial charge in [-0.25, -0.2) is 19.9 Å². The zero-order chi connectivity index (χ0) is 33.0. The molecule has 232 valence electrons. The van der Waals surface area contributed by atoms with E-state index in [1.807, 2.05) is 18.3 Å². The molecule has 3 aromatic heterocycles. The van der Waals surface area contributed by atoms with Crippen molar-refractivity contribution < 1.29 is 0 Å². The van der Waals surface area contributed by atoms with E-state index in [0.717, 1.165) is 54.8 Å². The SMILES string of the molecule is c1ccc2cc(-c3nc(-c4ccc5cc6ccccc6cc5c4)nc(-c4ccc5ccc(-c6ccc7ncccc7c6)cc5n4)n3)ccc2c1. The monoisotopic (exact) mass is 637 g/mol. The minimum Gasteiger partial charge on any atom is -0.256 e. The largest absolute Gasteiger partial charge is 0.256 e. The summed E-state index contributed by atoms with van der Waals surface area (Å²) in [4.78, 5) is 24.8. The summed E-state index contributed by atoms with van der Waals surface area (Å²) in [6, 6.07) is 54.9. The molecule has 0 fully saturated rings. The topological polar surface area (TPSA) is 64.5 Å². The lowest BCUT2D eigenvalue weighted by Gasteiger charge is -2.11. The predicted molar refractivity (Wildman–Crippen MR) is 205 cm³/mol. The molecule has 5 heteroatoms. The standard InChI is InChI=1S/C45H27N5/c1-2-7-30-24-37(15-11-28(30)6-1)43-48-44(38-16-14-34-22-31-8-3-4-9-32(31)25-39(34)26-38)50-45(49-43)41-20-17-29-12-13-35(27-42(29)47-41)33-18-19-40-36(23-33)10-5-21-46-40/h1-27H. The first-order valence-electron chi connectivity index (χ1n) is 16.6. The van der Waals surface area contributed by atoms with Gasteiger partial charge >= 0.3 is 0 Å². The van der Waals surface area contributed by atoms with Crippen LogP contribution in [0, 0.1) is 0 Å². The fraction of sp³-hybridized carbons (Fsp3) is 0. The summed E-state index contributed by atoms with van der Waals surface area (Å²) in [6.07, 6.45) is 1.82. The van der Waals surface area contributed by atoms with Gasteiger partial charge in [0.25, 0.3) is 0 Å². The zero-order valence-electron chi connectivity index (χ0n) is 26.8. The molecule has 0 aliphatic heterocycles. The molecule has 0 amide bonds. The summed E-state index contributed by atoms with van der Waals surface area (Å²) in [6.45, 7) is 0. The van der Waals surface area contributed by atoms with Crippen molar-refractivity contribution in [3.05, 3.63) is 164 Å². The quantitative estimate of drug-likeness (QED) is 0.180. The predicted octanol–water partition coefficient (Wildman–Crippen LogP) is 11.1. The van der Waals surface area contributed by atoms with Crippen molar-refractivity contribution in [3.8, 4) is 45.4 Å². The third kappa shape index (κ3) is 5.00. The summed E-state index contributed by atoms with van der Waals surface area (Å²) < 4.78 is 0. The molecular formula is C45H27N5. The van der Waals surface area contributed by atoms with Gasteiger partial charge in [-0.15, -0.1) is 0 Å². The molecule has 7 aromatic carbocycles. The van der Waals surface area contributed by atoms with E-state index in [1.54, 1.807) is 0 Å². The highest BCUT2D eigenvalue weighted by atomic mass is 15.0. The number of rotatable bonds is 4. The second-order valence-corrected chi connectivity index (χ2v) is 12.6. The lowest BCUT2D eigenvalue weighted by molar-refractivity contribution is 1.06. The van der Waals surface area contributed by atoms with Crippen molar-refractivity contribution in [1.82, 2.24) is 24.9 Å². The van der Waals surface area contributed by atoms with Crippen molar-refractivity contribution >= 4 is 54.1 Å². The maximum absolute atomic E-state index is 5.13. The average molecular weight is 638 g/mol. The van der Waals surface area contributed by atoms with Gasteiger partial charge in [-0.3, -0.25) is 4.98 Å². The van der Waals surface area contributed by atoms with Crippen LogP contribution >= 0.6 is 0 Å². The van der Waals surface area contributed by atoms with Gasteiger partial charge in [0, 0.05) is 28.1 Å². The number of benzene rings is 7. The molecule has 0 radical (unpaired) electrons. The van der Waals surface area contributed by atoms with Crippen LogP contribution in [0.2, 0.25) is 0 Å². The summed E-state index contributed by atoms with van der Waals surface area (Å²) >= 11 is 0. The van der Waals surface area contributed by atoms with Gasteiger partial charge in [-0.05, 0) is 98.0 Å². The molecule has 0 unspecified atom stereocenters. The highest BCUT2D eigenvalue weighted by molar-refractivity contribution is 5.99. The second-order valence-electron chi connectivity index (χ2n) is 12.6. The van der Waals surface area contributed by atoms with E-state index in [9.17, 15) is 0 Å². The minimum absolute atomic E-state index is 0.529. The Balaban J connectivity index is 1.13. The van der Waals surface area contributed by atoms with Gasteiger partial charge in [0.2, 0.25) is 0 Å². The van der Waals surface area contributed by atoms with Crippen LogP contribution < -0.4 is 0 Å². The maximum atomic E-state index is 5.13. The fourth-order valence-corrected chi connectivity index (χ4v) is 6.83. The number of pyridine rings is 2. The molecule has 5 nitrogen and oxygen atoms in total. The molecule has 0 atom stereocenters. The molecule has 0 saturated heterocycles. The fourth-order valence-electron chi connectivity index (χ4n) is 6.83. The van der Waals surface area contributed by atoms with Crippen molar-refractivity contribution in [3.63, 3.8) is 0 Å². The van der Waals surface area contributed by atoms with E-state index in [1.165, 1.54) is 21.5 Å². The Labute approximate surface area is 287 Å². The van der Waals surface area contributed by atoms with E-state index >= 15 is 0 Å². The number of nitrogens with zero attached hydrogens (tertiary/aromatic N) is 5. The summed E-state index contributed by atoms with van der Waals surface area (Å²) in [5, 5.41) is 9.18. The van der Waals surface area contributed by atoms with E-state index in [4.69, 9.17) is 19.9 Å². The molecular weight excluding hydrogens is 611 g/mol. The Morgan fingerprint density at radius 2 is 0.800 bits per heavy atom. The summed E-state index contributed by atoms with van der Waals surface area (Å²) in [5.41, 5.74) is 6.59. The Morgan fingerprint density at radius 1 is 0.280 bits per heavy atom. The van der Waals surface area contributed by atoms with Gasteiger partial charge in [0.05, 0.1) is 11.0 Å². The van der Waals surface area contributed by atoms with E-state index in [-0.39, 0.29) is 0 Å². The minimum atomic E-state index is 0.529. The third-order valence-electron chi connectivity index (χ3n) is 9.46. The van der Waals surface area contributed by atoms with Crippen LogP contribution in [0.25, 0.3) is 99.5 Å². The molecule has 10 aromatic rings. The third-order valence-corrected chi connectivity index (χ3v) is 9.46. The van der Waals surface area contributed by atoms with Crippen molar-refractivity contribution in [2.45, 2.75) is 0 Å². The van der Waals surface area contributed by atoms with Crippen LogP contribution in [0.4, 0.5) is 0 Å². The molecule has 0 saturated carbocycles. The van der Waals surface area contributed by atoms with Gasteiger partial charge in [-0.2, -0.15) is 0 Å². The van der Waals surface area contributed by atoms with E-state index < -0.39 is 0 Å². The molecule has 10 rings (SSSR count). The molecule has 0 aliphatic rings. The first-order chi connectivity index (χ1) is 24.7. The summed E-state index contributed by atoms with van der Waals surface area (Å²) in [5.74, 6) is 1.74. The van der Waals surface area contributed by atoms with Gasteiger partial charge in [0.15, 0.2) is 17.5 Å². The number of fused-ring (bicyclic) bond motifs is 5. The smallest absolute Gasteiger partial charge is 0.182 e. The number of aromatic nitrogens is 5. The molecule has 0 N–H and O–H groups in total. The van der Waals surface area contributed by atoms with Crippen LogP contribution in [-0.4, -0.2) is 24.9 Å². The first kappa shape index (κ1) is 28.2. The van der Waals surface area contributed by atoms with Crippen LogP contribution in [0.3, 0.4) is 0 Å². The molecule has 0 bridgehead atoms. The molecule has 0 aliphatic carbocycles. The maximum Gasteiger partial charge on any atom is 0.182 e. The lowest BCUT2D eigenvalue weighted by Crippen LogP contribution is -2.01. The highest BCUT2D eigenvalue weighted by Crippen LogP contribution is 2.32. The van der Waals surface area contributed by atoms with Crippen LogP contribution in [0.15, 0.2) is 164 Å². The zero-order valence-corrected chi connectivity index (χ0v) is 26.8. The Hall–Kier alpha value is -6.85. The van der Waals surface area contributed by atoms with Crippen molar-refractivity contribution in [2.24, 2.45) is 0 Å². The molecule has 0 spiro atoms. The Morgan fingerprint density at radius 3 is 1.60 bits per heavy atom. The Kier molecular flexibility index (Phi) is 6.42. The summed E-state index contributed by atoms with van der Waals surface area (Å²) in [7, 11) is 0. The van der Waals surface area contributed by atoms with E-state index in [2.05, 4.69) is 151 Å². The van der Waals surface area contributed by atoms with Crippen molar-refractivity contribution in [1.29, 1.82) is 0 Å². The second kappa shape index (κ2) is 11.4. The van der Waals surface area contributed by atoms with E-state index in [0.29, 0.717) is 23.2 Å². The number of hydrogen-bond acceptors (Lipinski definition) is 5. The normalized spacial score (nSPS) is 11.6. The molecule has 3 heterocycles. The van der Waals surface area contributed by atoms with Gasteiger partial charge < -0.3 is 0 Å². The number of hydrogen-bond donors (Lipinski definition) is 0. The van der Waals surface area contributed by atoms with Gasteiger partial charge in [0.1, 0.15) is 5.69 Å². The first-order valence-corrected chi connectivity index (χ1v) is 16.6. The lowest BCUT2D eigenvalue weighted by atomic mass is 10.0. The highest BCUT2D eigenvalue weighted by Gasteiger charge is 2.15. The average Bonchev–Trinajstić information content (AvgIpc) is 3.18. The Bertz CT molecular complexity index is 2950. The van der Waals surface area contributed by atoms with Crippen LogP contribution in [-0.2, 0) is 0 Å². The van der Waals surface area contributed by atoms with Crippen LogP contribution in [0.5, 0.6) is 0 Å². The van der Waals surface area contributed by atoms with Crippen molar-refractivity contribution in [2.75, 3.05) is 0 Å². The van der Waals surface area contributed by atoms with Gasteiger partial charge in [-0.1, -0.05) is 103 Å². The molecule has 50 heavy (non-hydrogen) atoms. The van der Waals surface area contributed by atoms with Crippen LogP contribution in [0.1, 0.15) is 0 Å².